The molecule has 0 saturated carbocycles. The maximum absolute atomic E-state index is 11.6. The highest BCUT2D eigenvalue weighted by Gasteiger charge is 2.14. The average Bonchev–Trinajstić information content (AvgIpc) is 2.64. The molecule has 1 unspecified atom stereocenters. The van der Waals surface area contributed by atoms with Gasteiger partial charge in [-0.1, -0.05) is 6.92 Å². The van der Waals surface area contributed by atoms with Crippen LogP contribution >= 0.6 is 0 Å². The van der Waals surface area contributed by atoms with E-state index in [-0.39, 0.29) is 18.0 Å². The third kappa shape index (κ3) is 3.38. The lowest BCUT2D eigenvalue weighted by atomic mass is 10.2. The van der Waals surface area contributed by atoms with E-state index in [1.165, 1.54) is 0 Å². The smallest absolute Gasteiger partial charge is 0.305 e. The summed E-state index contributed by atoms with van der Waals surface area (Å²) in [7, 11) is 0. The Morgan fingerprint density at radius 2 is 2.31 bits per heavy atom. The van der Waals surface area contributed by atoms with Gasteiger partial charge in [-0.3, -0.25) is 14.7 Å². The molecule has 0 fully saturated rings. The maximum atomic E-state index is 11.6. The van der Waals surface area contributed by atoms with Gasteiger partial charge in [0.2, 0.25) is 0 Å². The van der Waals surface area contributed by atoms with Gasteiger partial charge in [0.05, 0.1) is 6.42 Å². The third-order valence-corrected chi connectivity index (χ3v) is 2.10. The molecule has 0 spiro atoms. The molecular weight excluding hydrogens is 210 g/mol. The number of amides is 1. The maximum Gasteiger partial charge on any atom is 0.305 e. The quantitative estimate of drug-likeness (QED) is 0.682. The number of nitrogens with one attached hydrogen (secondary N) is 2. The van der Waals surface area contributed by atoms with Gasteiger partial charge in [0.1, 0.15) is 5.69 Å². The average molecular weight is 225 g/mol. The van der Waals surface area contributed by atoms with Crippen molar-refractivity contribution in [3.05, 3.63) is 17.5 Å². The summed E-state index contributed by atoms with van der Waals surface area (Å²) in [5.41, 5.74) is 1.16. The van der Waals surface area contributed by atoms with E-state index < -0.39 is 12.0 Å². The topological polar surface area (TPSA) is 95.1 Å². The van der Waals surface area contributed by atoms with Crippen LogP contribution in [-0.4, -0.2) is 33.2 Å². The minimum Gasteiger partial charge on any atom is -0.481 e. The zero-order valence-electron chi connectivity index (χ0n) is 9.28. The fraction of sp³-hybridized carbons (Fsp3) is 0.500. The molecule has 0 aliphatic carbocycles. The SMILES string of the molecule is CCc1cc(C(=O)NC(C)CC(=O)O)n[nH]1. The second-order valence-electron chi connectivity index (χ2n) is 3.60. The minimum absolute atomic E-state index is 0.100. The van der Waals surface area contributed by atoms with Crippen LogP contribution in [-0.2, 0) is 11.2 Å². The number of hydrogen-bond acceptors (Lipinski definition) is 3. The zero-order valence-corrected chi connectivity index (χ0v) is 9.28. The lowest BCUT2D eigenvalue weighted by molar-refractivity contribution is -0.137. The lowest BCUT2D eigenvalue weighted by Crippen LogP contribution is -2.34. The van der Waals surface area contributed by atoms with Crippen molar-refractivity contribution in [1.82, 2.24) is 15.5 Å². The highest BCUT2D eigenvalue weighted by molar-refractivity contribution is 5.92. The van der Waals surface area contributed by atoms with Gasteiger partial charge >= 0.3 is 5.97 Å². The van der Waals surface area contributed by atoms with E-state index in [1.54, 1.807) is 13.0 Å². The van der Waals surface area contributed by atoms with Gasteiger partial charge in [-0.25, -0.2) is 0 Å². The molecule has 1 aromatic rings. The van der Waals surface area contributed by atoms with Crippen LogP contribution < -0.4 is 5.32 Å². The molecule has 0 saturated heterocycles. The highest BCUT2D eigenvalue weighted by atomic mass is 16.4. The largest absolute Gasteiger partial charge is 0.481 e. The summed E-state index contributed by atoms with van der Waals surface area (Å²) in [6, 6.07) is 1.25. The summed E-state index contributed by atoms with van der Waals surface area (Å²) in [6.45, 7) is 3.58. The summed E-state index contributed by atoms with van der Waals surface area (Å²) >= 11 is 0. The van der Waals surface area contributed by atoms with Crippen LogP contribution in [0.2, 0.25) is 0 Å². The number of carbonyl (C=O) groups excluding carboxylic acids is 1. The zero-order chi connectivity index (χ0) is 12.1. The number of hydrogen-bond donors (Lipinski definition) is 3. The molecule has 6 nitrogen and oxygen atoms in total. The van der Waals surface area contributed by atoms with Crippen LogP contribution in [0, 0.1) is 0 Å². The van der Waals surface area contributed by atoms with Gasteiger partial charge in [0, 0.05) is 11.7 Å². The molecule has 1 heterocycles. The Balaban J connectivity index is 2.54. The van der Waals surface area contributed by atoms with E-state index in [1.807, 2.05) is 6.92 Å². The number of aromatic nitrogens is 2. The minimum atomic E-state index is -0.941. The van der Waals surface area contributed by atoms with Gasteiger partial charge in [-0.05, 0) is 19.4 Å². The second-order valence-corrected chi connectivity index (χ2v) is 3.60. The molecule has 0 radical (unpaired) electrons. The lowest BCUT2D eigenvalue weighted by Gasteiger charge is -2.09. The van der Waals surface area contributed by atoms with E-state index in [4.69, 9.17) is 5.11 Å². The number of nitrogens with zero attached hydrogens (tertiary/aromatic N) is 1. The Hall–Kier alpha value is -1.85. The van der Waals surface area contributed by atoms with Crippen molar-refractivity contribution in [2.75, 3.05) is 0 Å². The summed E-state index contributed by atoms with van der Waals surface area (Å²) in [5.74, 6) is -1.30. The normalized spacial score (nSPS) is 12.1. The Morgan fingerprint density at radius 3 is 2.81 bits per heavy atom. The number of carboxylic acids is 1. The number of carboxylic acid groups (broad SMARTS) is 1. The van der Waals surface area contributed by atoms with Crippen molar-refractivity contribution in [1.29, 1.82) is 0 Å². The van der Waals surface area contributed by atoms with Gasteiger partial charge in [-0.15, -0.1) is 0 Å². The van der Waals surface area contributed by atoms with E-state index in [0.29, 0.717) is 0 Å². The van der Waals surface area contributed by atoms with Gasteiger partial charge in [0.15, 0.2) is 0 Å². The monoisotopic (exact) mass is 225 g/mol. The second kappa shape index (κ2) is 5.29. The molecule has 0 bridgehead atoms. The number of H-pyrrole nitrogens is 1. The fourth-order valence-electron chi connectivity index (χ4n) is 1.27. The van der Waals surface area contributed by atoms with Crippen LogP contribution in [0.4, 0.5) is 0 Å². The van der Waals surface area contributed by atoms with Crippen LogP contribution in [0.25, 0.3) is 0 Å². The van der Waals surface area contributed by atoms with Crippen molar-refractivity contribution < 1.29 is 14.7 Å². The highest BCUT2D eigenvalue weighted by Crippen LogP contribution is 2.01. The molecule has 0 aliphatic rings. The summed E-state index contributed by atoms with van der Waals surface area (Å²) in [5, 5.41) is 17.7. The fourth-order valence-corrected chi connectivity index (χ4v) is 1.27. The van der Waals surface area contributed by atoms with Gasteiger partial charge < -0.3 is 10.4 Å². The first kappa shape index (κ1) is 12.2. The van der Waals surface area contributed by atoms with Crippen LogP contribution in [0.1, 0.15) is 36.5 Å². The van der Waals surface area contributed by atoms with E-state index >= 15 is 0 Å². The Labute approximate surface area is 93.1 Å². The molecule has 3 N–H and O–H groups in total. The molecule has 88 valence electrons. The number of aryl methyl sites for hydroxylation is 1. The van der Waals surface area contributed by atoms with Crippen LogP contribution in [0.5, 0.6) is 0 Å². The molecule has 1 rings (SSSR count). The Kier molecular flexibility index (Phi) is 4.04. The van der Waals surface area contributed by atoms with Crippen molar-refractivity contribution >= 4 is 11.9 Å². The third-order valence-electron chi connectivity index (χ3n) is 2.10. The first-order valence-electron chi connectivity index (χ1n) is 5.09. The predicted octanol–water partition coefficient (Wildman–Crippen LogP) is 0.565. The molecule has 1 atom stereocenters. The number of aromatic amines is 1. The first-order chi connectivity index (χ1) is 7.52. The molecule has 0 aromatic carbocycles. The number of rotatable bonds is 5. The van der Waals surface area contributed by atoms with Crippen molar-refractivity contribution in [2.45, 2.75) is 32.7 Å². The van der Waals surface area contributed by atoms with Gasteiger partial charge in [0.25, 0.3) is 5.91 Å². The molecule has 1 aromatic heterocycles. The Morgan fingerprint density at radius 1 is 1.62 bits per heavy atom. The molecule has 1 amide bonds. The summed E-state index contributed by atoms with van der Waals surface area (Å²) < 4.78 is 0. The number of carbonyl (C=O) groups is 2. The molecule has 0 aliphatic heterocycles. The summed E-state index contributed by atoms with van der Waals surface area (Å²) in [4.78, 5) is 22.0. The van der Waals surface area contributed by atoms with Crippen LogP contribution in [0.15, 0.2) is 6.07 Å². The Bertz CT molecular complexity index is 386. The van der Waals surface area contributed by atoms with Crippen molar-refractivity contribution in [2.24, 2.45) is 0 Å². The van der Waals surface area contributed by atoms with E-state index in [0.717, 1.165) is 12.1 Å². The van der Waals surface area contributed by atoms with Crippen LogP contribution in [0.3, 0.4) is 0 Å². The van der Waals surface area contributed by atoms with Crippen molar-refractivity contribution in [3.63, 3.8) is 0 Å². The first-order valence-corrected chi connectivity index (χ1v) is 5.09. The van der Waals surface area contributed by atoms with E-state index in [9.17, 15) is 9.59 Å². The molecule has 16 heavy (non-hydrogen) atoms. The standard InChI is InChI=1S/C10H15N3O3/c1-3-7-5-8(13-12-7)10(16)11-6(2)4-9(14)15/h5-6H,3-4H2,1-2H3,(H,11,16)(H,12,13)(H,14,15). The predicted molar refractivity (Wildman–Crippen MR) is 57.1 cm³/mol. The number of aliphatic carboxylic acids is 1. The van der Waals surface area contributed by atoms with Gasteiger partial charge in [-0.2, -0.15) is 5.10 Å². The van der Waals surface area contributed by atoms with Crippen molar-refractivity contribution in [3.8, 4) is 0 Å². The van der Waals surface area contributed by atoms with E-state index in [2.05, 4.69) is 15.5 Å². The molecular formula is C10H15N3O3. The summed E-state index contributed by atoms with van der Waals surface area (Å²) in [6.07, 6.45) is 0.668. The molecule has 6 heteroatoms.